The number of aliphatic hydroxyl groups is 1. The maximum atomic E-state index is 11.4. The van der Waals surface area contributed by atoms with Crippen molar-refractivity contribution in [3.05, 3.63) is 50.9 Å². The SMILES string of the molecule is O=c1nc2n(nc1Br)[C@H](O)[C@@H](OCc1ccccc1)N2. The molecule has 0 radical (unpaired) electrons. The van der Waals surface area contributed by atoms with E-state index in [0.29, 0.717) is 6.61 Å². The van der Waals surface area contributed by atoms with Crippen LogP contribution in [0.25, 0.3) is 0 Å². The Hall–Kier alpha value is -1.77. The summed E-state index contributed by atoms with van der Waals surface area (Å²) in [4.78, 5) is 15.1. The van der Waals surface area contributed by atoms with Crippen LogP contribution in [0.5, 0.6) is 0 Å². The van der Waals surface area contributed by atoms with Crippen molar-refractivity contribution in [3.8, 4) is 0 Å². The van der Waals surface area contributed by atoms with Crippen LogP contribution in [0.2, 0.25) is 0 Å². The number of nitrogens with zero attached hydrogens (tertiary/aromatic N) is 3. The lowest BCUT2D eigenvalue weighted by atomic mass is 10.2. The molecule has 0 fully saturated rings. The summed E-state index contributed by atoms with van der Waals surface area (Å²) in [7, 11) is 0. The second-order valence-corrected chi connectivity index (χ2v) is 5.00. The Morgan fingerprint density at radius 1 is 1.40 bits per heavy atom. The van der Waals surface area contributed by atoms with Crippen LogP contribution in [0, 0.1) is 0 Å². The molecule has 0 unspecified atom stereocenters. The first-order valence-electron chi connectivity index (χ1n) is 5.91. The number of benzene rings is 1. The zero-order valence-corrected chi connectivity index (χ0v) is 11.8. The zero-order chi connectivity index (χ0) is 14.1. The van der Waals surface area contributed by atoms with E-state index in [1.54, 1.807) is 0 Å². The van der Waals surface area contributed by atoms with Crippen LogP contribution in [-0.2, 0) is 11.3 Å². The first kappa shape index (κ1) is 13.2. The number of hydrogen-bond acceptors (Lipinski definition) is 6. The number of anilines is 1. The lowest BCUT2D eigenvalue weighted by molar-refractivity contribution is -0.0563. The Morgan fingerprint density at radius 2 is 2.15 bits per heavy atom. The summed E-state index contributed by atoms with van der Waals surface area (Å²) in [5.41, 5.74) is 0.480. The summed E-state index contributed by atoms with van der Waals surface area (Å²) in [6, 6.07) is 9.57. The van der Waals surface area contributed by atoms with Gasteiger partial charge in [0.05, 0.1) is 6.61 Å². The molecule has 104 valence electrons. The fourth-order valence-corrected chi connectivity index (χ4v) is 2.14. The summed E-state index contributed by atoms with van der Waals surface area (Å²) in [6.07, 6.45) is -1.75. The van der Waals surface area contributed by atoms with Gasteiger partial charge in [-0.15, -0.1) is 0 Å². The molecule has 1 aromatic carbocycles. The molecule has 0 amide bonds. The maximum absolute atomic E-state index is 11.4. The van der Waals surface area contributed by atoms with Gasteiger partial charge in [-0.25, -0.2) is 0 Å². The van der Waals surface area contributed by atoms with Gasteiger partial charge in [0, 0.05) is 0 Å². The fraction of sp³-hybridized carbons (Fsp3) is 0.250. The molecule has 0 saturated carbocycles. The molecule has 2 N–H and O–H groups in total. The average molecular weight is 339 g/mol. The molecule has 3 rings (SSSR count). The molecule has 20 heavy (non-hydrogen) atoms. The predicted molar refractivity (Wildman–Crippen MR) is 73.9 cm³/mol. The molecule has 2 atom stereocenters. The van der Waals surface area contributed by atoms with E-state index in [1.807, 2.05) is 30.3 Å². The van der Waals surface area contributed by atoms with Crippen molar-refractivity contribution in [1.82, 2.24) is 14.8 Å². The van der Waals surface area contributed by atoms with Crippen molar-refractivity contribution in [2.75, 3.05) is 5.32 Å². The van der Waals surface area contributed by atoms with Crippen molar-refractivity contribution in [2.45, 2.75) is 19.1 Å². The van der Waals surface area contributed by atoms with E-state index in [9.17, 15) is 9.90 Å². The number of hydrogen-bond donors (Lipinski definition) is 2. The van der Waals surface area contributed by atoms with E-state index in [2.05, 4.69) is 31.3 Å². The van der Waals surface area contributed by atoms with Crippen LogP contribution in [0.4, 0.5) is 5.95 Å². The zero-order valence-electron chi connectivity index (χ0n) is 10.2. The minimum Gasteiger partial charge on any atom is -0.368 e. The Balaban J connectivity index is 1.73. The molecular weight excluding hydrogens is 328 g/mol. The Labute approximate surface area is 122 Å². The number of halogens is 1. The number of nitrogens with one attached hydrogen (secondary N) is 1. The first-order chi connectivity index (χ1) is 9.65. The Bertz CT molecular complexity index is 676. The molecule has 1 aromatic heterocycles. The third kappa shape index (κ3) is 2.45. The monoisotopic (exact) mass is 338 g/mol. The molecule has 7 nitrogen and oxygen atoms in total. The summed E-state index contributed by atoms with van der Waals surface area (Å²) in [5, 5.41) is 16.8. The van der Waals surface area contributed by atoms with Crippen molar-refractivity contribution >= 4 is 21.9 Å². The second kappa shape index (κ2) is 5.31. The quantitative estimate of drug-likeness (QED) is 0.862. The minimum atomic E-state index is -1.04. The Kier molecular flexibility index (Phi) is 3.51. The summed E-state index contributed by atoms with van der Waals surface area (Å²) < 4.78 is 6.84. The van der Waals surface area contributed by atoms with E-state index in [0.717, 1.165) is 5.56 Å². The highest BCUT2D eigenvalue weighted by atomic mass is 79.9. The van der Waals surface area contributed by atoms with E-state index in [-0.39, 0.29) is 10.6 Å². The van der Waals surface area contributed by atoms with Crippen molar-refractivity contribution in [2.24, 2.45) is 0 Å². The van der Waals surface area contributed by atoms with Gasteiger partial charge in [-0.2, -0.15) is 14.8 Å². The lowest BCUT2D eigenvalue weighted by Gasteiger charge is -2.15. The molecule has 0 spiro atoms. The standard InChI is InChI=1S/C12H11BrN4O3/c13-8-9(18)14-12-15-10(11(19)17(12)16-8)20-6-7-4-2-1-3-5-7/h1-5,10-11,19H,6H2,(H,14,15,18)/t10-,11-/m1/s1. The van der Waals surface area contributed by atoms with Crippen molar-refractivity contribution in [3.63, 3.8) is 0 Å². The van der Waals surface area contributed by atoms with Gasteiger partial charge in [0.2, 0.25) is 5.95 Å². The molecule has 2 aromatic rings. The third-order valence-electron chi connectivity index (χ3n) is 2.86. The van der Waals surface area contributed by atoms with Crippen LogP contribution >= 0.6 is 15.9 Å². The van der Waals surface area contributed by atoms with Gasteiger partial charge in [0.1, 0.15) is 0 Å². The highest BCUT2D eigenvalue weighted by Gasteiger charge is 2.33. The Morgan fingerprint density at radius 3 is 2.90 bits per heavy atom. The molecular formula is C12H11BrN4O3. The highest BCUT2D eigenvalue weighted by Crippen LogP contribution is 2.24. The van der Waals surface area contributed by atoms with Crippen LogP contribution in [0.1, 0.15) is 11.8 Å². The number of aromatic nitrogens is 3. The van der Waals surface area contributed by atoms with Gasteiger partial charge in [-0.05, 0) is 21.5 Å². The molecule has 2 heterocycles. The van der Waals surface area contributed by atoms with E-state index < -0.39 is 18.0 Å². The number of fused-ring (bicyclic) bond motifs is 1. The smallest absolute Gasteiger partial charge is 0.307 e. The molecule has 8 heteroatoms. The van der Waals surface area contributed by atoms with Crippen LogP contribution < -0.4 is 10.9 Å². The number of ether oxygens (including phenoxy) is 1. The molecule has 0 aliphatic carbocycles. The van der Waals surface area contributed by atoms with E-state index in [4.69, 9.17) is 4.74 Å². The summed E-state index contributed by atoms with van der Waals surface area (Å²) >= 11 is 2.99. The average Bonchev–Trinajstić information content (AvgIpc) is 2.75. The third-order valence-corrected chi connectivity index (χ3v) is 3.36. The summed E-state index contributed by atoms with van der Waals surface area (Å²) in [6.45, 7) is 0.329. The van der Waals surface area contributed by atoms with Gasteiger partial charge >= 0.3 is 5.56 Å². The van der Waals surface area contributed by atoms with Crippen LogP contribution in [0.15, 0.2) is 39.7 Å². The van der Waals surface area contributed by atoms with Crippen LogP contribution in [-0.4, -0.2) is 26.1 Å². The predicted octanol–water partition coefficient (Wildman–Crippen LogP) is 0.860. The number of rotatable bonds is 3. The van der Waals surface area contributed by atoms with E-state index in [1.165, 1.54) is 4.68 Å². The fourth-order valence-electron chi connectivity index (χ4n) is 1.88. The maximum Gasteiger partial charge on any atom is 0.307 e. The molecule has 1 aliphatic heterocycles. The molecule has 0 bridgehead atoms. The van der Waals surface area contributed by atoms with Gasteiger partial charge in [0.15, 0.2) is 17.1 Å². The van der Waals surface area contributed by atoms with Crippen molar-refractivity contribution < 1.29 is 9.84 Å². The summed E-state index contributed by atoms with van der Waals surface area (Å²) in [5.74, 6) is 0.184. The van der Waals surface area contributed by atoms with Gasteiger partial charge in [-0.3, -0.25) is 4.79 Å². The van der Waals surface area contributed by atoms with Gasteiger partial charge in [-0.1, -0.05) is 30.3 Å². The topological polar surface area (TPSA) is 89.3 Å². The van der Waals surface area contributed by atoms with Gasteiger partial charge in [0.25, 0.3) is 0 Å². The van der Waals surface area contributed by atoms with E-state index >= 15 is 0 Å². The number of aliphatic hydroxyl groups excluding tert-OH is 1. The minimum absolute atomic E-state index is 0.0470. The highest BCUT2D eigenvalue weighted by molar-refractivity contribution is 9.10. The lowest BCUT2D eigenvalue weighted by Crippen LogP contribution is -2.26. The van der Waals surface area contributed by atoms with Crippen LogP contribution in [0.3, 0.4) is 0 Å². The second-order valence-electron chi connectivity index (χ2n) is 4.25. The molecule has 1 aliphatic rings. The molecule has 0 saturated heterocycles. The largest absolute Gasteiger partial charge is 0.368 e. The van der Waals surface area contributed by atoms with Gasteiger partial charge < -0.3 is 15.2 Å². The normalized spacial score (nSPS) is 20.5. The first-order valence-corrected chi connectivity index (χ1v) is 6.71. The van der Waals surface area contributed by atoms with Crippen molar-refractivity contribution in [1.29, 1.82) is 0 Å².